The van der Waals surface area contributed by atoms with Crippen molar-refractivity contribution in [2.24, 2.45) is 0 Å². The molecule has 0 spiro atoms. The van der Waals surface area contributed by atoms with Crippen LogP contribution in [0, 0.1) is 10.1 Å². The third-order valence-electron chi connectivity index (χ3n) is 4.62. The zero-order valence-electron chi connectivity index (χ0n) is 16.2. The van der Waals surface area contributed by atoms with Crippen molar-refractivity contribution in [3.05, 3.63) is 69.3 Å². The van der Waals surface area contributed by atoms with Crippen LogP contribution in [0.15, 0.2) is 42.5 Å². The summed E-state index contributed by atoms with van der Waals surface area (Å²) in [6.07, 6.45) is 0.351. The Labute approximate surface area is 172 Å². The van der Waals surface area contributed by atoms with Crippen LogP contribution in [0.25, 0.3) is 0 Å². The number of carbonyl (C=O) groups is 3. The highest BCUT2D eigenvalue weighted by atomic mass is 16.6. The molecule has 30 heavy (non-hydrogen) atoms. The monoisotopic (exact) mass is 412 g/mol. The first-order valence-electron chi connectivity index (χ1n) is 9.20. The third-order valence-corrected chi connectivity index (χ3v) is 4.62. The van der Waals surface area contributed by atoms with Gasteiger partial charge in [-0.2, -0.15) is 0 Å². The molecule has 0 saturated heterocycles. The number of rotatable bonds is 8. The van der Waals surface area contributed by atoms with Gasteiger partial charge in [0, 0.05) is 31.8 Å². The summed E-state index contributed by atoms with van der Waals surface area (Å²) < 4.78 is 5.07. The van der Waals surface area contributed by atoms with Gasteiger partial charge in [0.25, 0.3) is 17.5 Å². The normalized spacial score (nSPS) is 12.5. The van der Waals surface area contributed by atoms with E-state index < -0.39 is 16.7 Å². The molecule has 2 N–H and O–H groups in total. The topological polar surface area (TPSA) is 131 Å². The molecule has 0 bridgehead atoms. The van der Waals surface area contributed by atoms with Crippen molar-refractivity contribution >= 4 is 23.5 Å². The van der Waals surface area contributed by atoms with Crippen molar-refractivity contribution in [3.63, 3.8) is 0 Å². The number of nitro benzene ring substituents is 1. The molecular formula is C20H20N4O6. The van der Waals surface area contributed by atoms with Gasteiger partial charge in [-0.25, -0.2) is 4.79 Å². The minimum atomic E-state index is -0.616. The molecule has 4 amide bonds. The number of nitrogens with zero attached hydrogens (tertiary/aromatic N) is 2. The highest BCUT2D eigenvalue weighted by molar-refractivity contribution is 6.21. The summed E-state index contributed by atoms with van der Waals surface area (Å²) in [5.74, 6) is -0.331. The van der Waals surface area contributed by atoms with Crippen LogP contribution in [-0.4, -0.2) is 47.9 Å². The number of amides is 4. The van der Waals surface area contributed by atoms with Gasteiger partial charge in [-0.3, -0.25) is 24.6 Å². The van der Waals surface area contributed by atoms with E-state index in [0.717, 1.165) is 22.3 Å². The van der Waals surface area contributed by atoms with E-state index in [0.29, 0.717) is 13.0 Å². The lowest BCUT2D eigenvalue weighted by molar-refractivity contribution is -0.384. The van der Waals surface area contributed by atoms with Crippen LogP contribution in [-0.2, 0) is 6.54 Å². The number of nitrogens with one attached hydrogen (secondary N) is 2. The molecule has 0 radical (unpaired) electrons. The molecule has 1 aliphatic heterocycles. The molecule has 0 aliphatic carbocycles. The standard InChI is InChI=1S/C20H20N4O6/c1-30-15-6-3-13(4-7-15)12-22-20(27)21-9-2-10-23-18(25)16-8-5-14(24(28)29)11-17(16)19(23)26/h3-8,11H,2,9-10,12H2,1H3,(H2,21,22,27). The summed E-state index contributed by atoms with van der Waals surface area (Å²) in [6.45, 7) is 0.688. The number of non-ortho nitro benzene ring substituents is 1. The molecule has 10 heteroatoms. The lowest BCUT2D eigenvalue weighted by Gasteiger charge is -2.14. The number of carbonyl (C=O) groups excluding carboxylic acids is 3. The SMILES string of the molecule is COc1ccc(CNC(=O)NCCCN2C(=O)c3ccc([N+](=O)[O-])cc3C2=O)cc1. The molecule has 1 heterocycles. The van der Waals surface area contributed by atoms with E-state index in [1.165, 1.54) is 12.1 Å². The van der Waals surface area contributed by atoms with Crippen molar-refractivity contribution < 1.29 is 24.0 Å². The Morgan fingerprint density at radius 3 is 2.43 bits per heavy atom. The van der Waals surface area contributed by atoms with Gasteiger partial charge < -0.3 is 15.4 Å². The molecule has 2 aromatic carbocycles. The molecule has 156 valence electrons. The Kier molecular flexibility index (Phi) is 6.26. The number of hydrogen-bond donors (Lipinski definition) is 2. The summed E-state index contributed by atoms with van der Waals surface area (Å²) in [4.78, 5) is 47.9. The maximum Gasteiger partial charge on any atom is 0.315 e. The molecule has 0 atom stereocenters. The van der Waals surface area contributed by atoms with E-state index in [1.807, 2.05) is 12.1 Å². The molecule has 0 fully saturated rings. The van der Waals surface area contributed by atoms with Crippen molar-refractivity contribution in [2.45, 2.75) is 13.0 Å². The third kappa shape index (κ3) is 4.54. The Hall–Kier alpha value is -3.95. The van der Waals surface area contributed by atoms with Crippen molar-refractivity contribution in [1.29, 1.82) is 0 Å². The molecule has 3 rings (SSSR count). The molecule has 0 aromatic heterocycles. The summed E-state index contributed by atoms with van der Waals surface area (Å²) in [5.41, 5.74) is 0.841. The second kappa shape index (κ2) is 9.03. The van der Waals surface area contributed by atoms with Gasteiger partial charge in [0.15, 0.2) is 0 Å². The highest BCUT2D eigenvalue weighted by Crippen LogP contribution is 2.26. The van der Waals surface area contributed by atoms with Gasteiger partial charge in [0.1, 0.15) is 5.75 Å². The summed E-state index contributed by atoms with van der Waals surface area (Å²) in [6, 6.07) is 10.5. The predicted molar refractivity (Wildman–Crippen MR) is 106 cm³/mol. The zero-order valence-corrected chi connectivity index (χ0v) is 16.2. The molecular weight excluding hydrogens is 392 g/mol. The van der Waals surface area contributed by atoms with Crippen LogP contribution in [0.1, 0.15) is 32.7 Å². The van der Waals surface area contributed by atoms with Gasteiger partial charge in [0.2, 0.25) is 0 Å². The average Bonchev–Trinajstić information content (AvgIpc) is 2.99. The van der Waals surface area contributed by atoms with Crippen LogP contribution in [0.4, 0.5) is 10.5 Å². The number of nitro groups is 1. The van der Waals surface area contributed by atoms with E-state index >= 15 is 0 Å². The van der Waals surface area contributed by atoms with Crippen LogP contribution < -0.4 is 15.4 Å². The van der Waals surface area contributed by atoms with Crippen molar-refractivity contribution in [1.82, 2.24) is 15.5 Å². The van der Waals surface area contributed by atoms with Crippen LogP contribution in [0.2, 0.25) is 0 Å². The summed E-state index contributed by atoms with van der Waals surface area (Å²) in [5, 5.41) is 16.2. The predicted octanol–water partition coefficient (Wildman–Crippen LogP) is 2.09. The maximum absolute atomic E-state index is 12.4. The Morgan fingerprint density at radius 2 is 1.77 bits per heavy atom. The second-order valence-corrected chi connectivity index (χ2v) is 6.56. The lowest BCUT2D eigenvalue weighted by Crippen LogP contribution is -2.37. The summed E-state index contributed by atoms with van der Waals surface area (Å²) in [7, 11) is 1.58. The van der Waals surface area contributed by atoms with Gasteiger partial charge >= 0.3 is 6.03 Å². The molecule has 0 unspecified atom stereocenters. The maximum atomic E-state index is 12.4. The number of ether oxygens (including phenoxy) is 1. The van der Waals surface area contributed by atoms with Crippen LogP contribution in [0.5, 0.6) is 5.75 Å². The number of urea groups is 1. The molecule has 0 saturated carbocycles. The number of hydrogen-bond acceptors (Lipinski definition) is 6. The smallest absolute Gasteiger partial charge is 0.315 e. The minimum absolute atomic E-state index is 0.0272. The second-order valence-electron chi connectivity index (χ2n) is 6.56. The fourth-order valence-corrected chi connectivity index (χ4v) is 3.02. The first-order chi connectivity index (χ1) is 14.4. The lowest BCUT2D eigenvalue weighted by atomic mass is 10.1. The Balaban J connectivity index is 1.43. The van der Waals surface area contributed by atoms with Gasteiger partial charge in [-0.15, -0.1) is 0 Å². The molecule has 2 aromatic rings. The van der Waals surface area contributed by atoms with E-state index in [4.69, 9.17) is 4.74 Å². The molecule has 1 aliphatic rings. The minimum Gasteiger partial charge on any atom is -0.497 e. The van der Waals surface area contributed by atoms with Crippen molar-refractivity contribution in [3.8, 4) is 5.75 Å². The number of imide groups is 1. The first-order valence-corrected chi connectivity index (χ1v) is 9.20. The van der Waals surface area contributed by atoms with Crippen molar-refractivity contribution in [2.75, 3.05) is 20.2 Å². The zero-order chi connectivity index (χ0) is 21.7. The largest absolute Gasteiger partial charge is 0.497 e. The fourth-order valence-electron chi connectivity index (χ4n) is 3.02. The average molecular weight is 412 g/mol. The quantitative estimate of drug-likeness (QED) is 0.295. The Morgan fingerprint density at radius 1 is 1.07 bits per heavy atom. The van der Waals surface area contributed by atoms with Crippen LogP contribution >= 0.6 is 0 Å². The fraction of sp³-hybridized carbons (Fsp3) is 0.250. The van der Waals surface area contributed by atoms with Crippen LogP contribution in [0.3, 0.4) is 0 Å². The van der Waals surface area contributed by atoms with Gasteiger partial charge in [-0.1, -0.05) is 12.1 Å². The van der Waals surface area contributed by atoms with E-state index in [1.54, 1.807) is 19.2 Å². The van der Waals surface area contributed by atoms with E-state index in [-0.39, 0.29) is 35.9 Å². The number of fused-ring (bicyclic) bond motifs is 1. The Bertz CT molecular complexity index is 989. The number of benzene rings is 2. The molecule has 10 nitrogen and oxygen atoms in total. The highest BCUT2D eigenvalue weighted by Gasteiger charge is 2.36. The first kappa shape index (κ1) is 20.8. The number of methoxy groups -OCH3 is 1. The van der Waals surface area contributed by atoms with Gasteiger partial charge in [0.05, 0.1) is 23.2 Å². The van der Waals surface area contributed by atoms with E-state index in [9.17, 15) is 24.5 Å². The summed E-state index contributed by atoms with van der Waals surface area (Å²) >= 11 is 0. The van der Waals surface area contributed by atoms with Gasteiger partial charge in [-0.05, 0) is 30.2 Å². The van der Waals surface area contributed by atoms with E-state index in [2.05, 4.69) is 10.6 Å².